The molecule has 3 heteroatoms. The predicted molar refractivity (Wildman–Crippen MR) is 219 cm³/mol. The van der Waals surface area contributed by atoms with Crippen LogP contribution in [0.2, 0.25) is 0 Å². The Bertz CT molecular complexity index is 2930. The topological polar surface area (TPSA) is 16.4 Å². The van der Waals surface area contributed by atoms with Crippen LogP contribution in [-0.4, -0.2) is 0 Å². The second-order valence-electron chi connectivity index (χ2n) is 13.6. The van der Waals surface area contributed by atoms with Gasteiger partial charge in [0.15, 0.2) is 0 Å². The van der Waals surface area contributed by atoms with Gasteiger partial charge in [-0.2, -0.15) is 0 Å². The number of benzene rings is 8. The molecule has 8 aromatic carbocycles. The second kappa shape index (κ2) is 11.3. The van der Waals surface area contributed by atoms with Crippen molar-refractivity contribution in [2.75, 3.05) is 4.90 Å². The molecule has 11 rings (SSSR count). The summed E-state index contributed by atoms with van der Waals surface area (Å²) < 4.78 is 8.95. The Hall–Kier alpha value is -6.42. The summed E-state index contributed by atoms with van der Waals surface area (Å²) in [5.74, 6) is 0. The minimum Gasteiger partial charge on any atom is -0.456 e. The van der Waals surface area contributed by atoms with Crippen LogP contribution in [0.15, 0.2) is 192 Å². The van der Waals surface area contributed by atoms with Gasteiger partial charge in [0.25, 0.3) is 0 Å². The summed E-state index contributed by atoms with van der Waals surface area (Å²) in [5.41, 5.74) is 12.5. The molecule has 2 aromatic heterocycles. The Morgan fingerprint density at radius 1 is 0.442 bits per heavy atom. The molecule has 0 saturated heterocycles. The first-order chi connectivity index (χ1) is 25.8. The fraction of sp³-hybridized carbons (Fsp3) is 0.0204. The Morgan fingerprint density at radius 3 is 1.85 bits per heavy atom. The van der Waals surface area contributed by atoms with Crippen molar-refractivity contribution in [3.05, 3.63) is 210 Å². The van der Waals surface area contributed by atoms with Gasteiger partial charge in [-0.15, -0.1) is 11.3 Å². The molecule has 0 bridgehead atoms. The van der Waals surface area contributed by atoms with Gasteiger partial charge in [-0.25, -0.2) is 0 Å². The van der Waals surface area contributed by atoms with E-state index in [4.69, 9.17) is 4.42 Å². The van der Waals surface area contributed by atoms with E-state index in [1.165, 1.54) is 53.6 Å². The standard InChI is InChI=1S/C49H31NOS/c1-3-15-32(16-4-1)49(40-23-10-7-19-35(40)36-20-8-11-24-41(36)49)42-25-13-22-37-39-31-34(29-30-46(39)52-48(37)42)50(33-17-5-2-6-18-33)43-26-14-28-45-47(43)38-21-9-12-27-44(38)51-45/h1-31H. The first kappa shape index (κ1) is 29.3. The molecule has 0 saturated carbocycles. The van der Waals surface area contributed by atoms with Crippen molar-refractivity contribution in [1.29, 1.82) is 0 Å². The van der Waals surface area contributed by atoms with Gasteiger partial charge in [-0.3, -0.25) is 0 Å². The van der Waals surface area contributed by atoms with Crippen LogP contribution in [0.5, 0.6) is 0 Å². The van der Waals surface area contributed by atoms with E-state index in [0.29, 0.717) is 0 Å². The van der Waals surface area contributed by atoms with Crippen molar-refractivity contribution in [3.8, 4) is 11.1 Å². The van der Waals surface area contributed by atoms with Gasteiger partial charge in [0.1, 0.15) is 11.2 Å². The predicted octanol–water partition coefficient (Wildman–Crippen LogP) is 13.8. The third kappa shape index (κ3) is 4.06. The van der Waals surface area contributed by atoms with Crippen molar-refractivity contribution in [2.45, 2.75) is 5.41 Å². The van der Waals surface area contributed by atoms with Gasteiger partial charge >= 0.3 is 0 Å². The molecule has 0 aliphatic heterocycles. The summed E-state index contributed by atoms with van der Waals surface area (Å²) in [4.78, 5) is 2.38. The van der Waals surface area contributed by atoms with Crippen molar-refractivity contribution in [3.63, 3.8) is 0 Å². The number of hydrogen-bond donors (Lipinski definition) is 0. The van der Waals surface area contributed by atoms with Crippen LogP contribution in [0, 0.1) is 0 Å². The minimum atomic E-state index is -0.453. The molecule has 2 nitrogen and oxygen atoms in total. The number of para-hydroxylation sites is 2. The molecule has 0 unspecified atom stereocenters. The maximum Gasteiger partial charge on any atom is 0.137 e. The molecule has 0 amide bonds. The van der Waals surface area contributed by atoms with E-state index in [-0.39, 0.29) is 0 Å². The van der Waals surface area contributed by atoms with Crippen LogP contribution in [-0.2, 0) is 5.41 Å². The summed E-state index contributed by atoms with van der Waals surface area (Å²) >= 11 is 1.90. The highest BCUT2D eigenvalue weighted by atomic mass is 32.1. The number of hydrogen-bond acceptors (Lipinski definition) is 3. The quantitative estimate of drug-likeness (QED) is 0.180. The van der Waals surface area contributed by atoms with E-state index in [1.54, 1.807) is 0 Å². The number of thiophene rings is 1. The molecule has 2 heterocycles. The molecule has 244 valence electrons. The summed E-state index contributed by atoms with van der Waals surface area (Å²) in [7, 11) is 0. The zero-order valence-electron chi connectivity index (χ0n) is 28.2. The fourth-order valence-corrected chi connectivity index (χ4v) is 10.1. The zero-order valence-corrected chi connectivity index (χ0v) is 29.0. The van der Waals surface area contributed by atoms with Gasteiger partial charge in [0, 0.05) is 36.9 Å². The van der Waals surface area contributed by atoms with Crippen LogP contribution < -0.4 is 4.90 Å². The summed E-state index contributed by atoms with van der Waals surface area (Å²) in [6.45, 7) is 0. The molecule has 10 aromatic rings. The lowest BCUT2D eigenvalue weighted by Gasteiger charge is -2.34. The maximum atomic E-state index is 6.36. The lowest BCUT2D eigenvalue weighted by molar-refractivity contribution is 0.669. The highest BCUT2D eigenvalue weighted by Gasteiger charge is 2.47. The van der Waals surface area contributed by atoms with E-state index < -0.39 is 5.41 Å². The maximum absolute atomic E-state index is 6.36. The van der Waals surface area contributed by atoms with Gasteiger partial charge in [-0.05, 0) is 81.9 Å². The van der Waals surface area contributed by atoms with Crippen LogP contribution in [0.4, 0.5) is 17.1 Å². The van der Waals surface area contributed by atoms with Crippen molar-refractivity contribution >= 4 is 70.5 Å². The molecule has 0 spiro atoms. The normalized spacial score (nSPS) is 13.2. The highest BCUT2D eigenvalue weighted by molar-refractivity contribution is 7.26. The van der Waals surface area contributed by atoms with E-state index in [2.05, 4.69) is 187 Å². The average molecular weight is 682 g/mol. The molecule has 0 N–H and O–H groups in total. The van der Waals surface area contributed by atoms with Gasteiger partial charge in [-0.1, -0.05) is 140 Å². The average Bonchev–Trinajstić information content (AvgIpc) is 3.88. The zero-order chi connectivity index (χ0) is 34.2. The molecule has 1 aliphatic carbocycles. The third-order valence-corrected chi connectivity index (χ3v) is 12.2. The van der Waals surface area contributed by atoms with E-state index >= 15 is 0 Å². The Morgan fingerprint density at radius 2 is 1.06 bits per heavy atom. The van der Waals surface area contributed by atoms with E-state index in [0.717, 1.165) is 39.0 Å². The third-order valence-electron chi connectivity index (χ3n) is 10.9. The smallest absolute Gasteiger partial charge is 0.137 e. The molecule has 0 radical (unpaired) electrons. The van der Waals surface area contributed by atoms with Crippen LogP contribution in [0.25, 0.3) is 53.2 Å². The molecule has 1 aliphatic rings. The molecular formula is C49H31NOS. The second-order valence-corrected chi connectivity index (χ2v) is 14.6. The Labute approximate surface area is 305 Å². The number of rotatable bonds is 5. The van der Waals surface area contributed by atoms with Gasteiger partial charge in [0.05, 0.1) is 16.5 Å². The van der Waals surface area contributed by atoms with Crippen LogP contribution in [0.3, 0.4) is 0 Å². The number of anilines is 3. The van der Waals surface area contributed by atoms with Crippen LogP contribution >= 0.6 is 11.3 Å². The van der Waals surface area contributed by atoms with Crippen molar-refractivity contribution in [2.24, 2.45) is 0 Å². The monoisotopic (exact) mass is 681 g/mol. The van der Waals surface area contributed by atoms with Gasteiger partial charge in [0.2, 0.25) is 0 Å². The fourth-order valence-electron chi connectivity index (χ4n) is 8.85. The molecule has 0 fully saturated rings. The van der Waals surface area contributed by atoms with Crippen molar-refractivity contribution < 1.29 is 4.42 Å². The van der Waals surface area contributed by atoms with E-state index in [9.17, 15) is 0 Å². The Balaban J connectivity index is 1.18. The first-order valence-electron chi connectivity index (χ1n) is 17.8. The number of nitrogens with zero attached hydrogens (tertiary/aromatic N) is 1. The first-order valence-corrected chi connectivity index (χ1v) is 18.6. The van der Waals surface area contributed by atoms with Crippen LogP contribution in [0.1, 0.15) is 22.3 Å². The van der Waals surface area contributed by atoms with Gasteiger partial charge < -0.3 is 9.32 Å². The van der Waals surface area contributed by atoms with E-state index in [1.807, 2.05) is 17.4 Å². The van der Waals surface area contributed by atoms with Crippen molar-refractivity contribution in [1.82, 2.24) is 0 Å². The largest absolute Gasteiger partial charge is 0.456 e. The molecule has 52 heavy (non-hydrogen) atoms. The summed E-state index contributed by atoms with van der Waals surface area (Å²) in [5, 5.41) is 4.76. The summed E-state index contributed by atoms with van der Waals surface area (Å²) in [6.07, 6.45) is 0. The number of fused-ring (bicyclic) bond motifs is 9. The Kier molecular flexibility index (Phi) is 6.37. The lowest BCUT2D eigenvalue weighted by Crippen LogP contribution is -2.28. The number of furan rings is 1. The summed E-state index contributed by atoms with van der Waals surface area (Å²) in [6, 6.07) is 68.4. The molecular weight excluding hydrogens is 651 g/mol. The molecule has 0 atom stereocenters. The highest BCUT2D eigenvalue weighted by Crippen LogP contribution is 2.58. The SMILES string of the molecule is c1ccc(N(c2ccc3sc4c(C5(c6ccccc6)c6ccccc6-c6ccccc65)cccc4c3c2)c2cccc3oc4ccccc4c23)cc1. The minimum absolute atomic E-state index is 0.453. The lowest BCUT2D eigenvalue weighted by atomic mass is 9.67.